The van der Waals surface area contributed by atoms with Crippen LogP contribution in [-0.4, -0.2) is 52.8 Å². The zero-order chi connectivity index (χ0) is 21.1. The molecule has 0 amide bonds. The quantitative estimate of drug-likeness (QED) is 0.758. The van der Waals surface area contributed by atoms with Gasteiger partial charge in [0.1, 0.15) is 5.82 Å². The molecule has 3 saturated heterocycles. The number of piperidine rings is 1. The smallest absolute Gasteiger partial charge is 0.255 e. The van der Waals surface area contributed by atoms with Gasteiger partial charge in [0, 0.05) is 62.5 Å². The van der Waals surface area contributed by atoms with E-state index in [2.05, 4.69) is 26.5 Å². The lowest BCUT2D eigenvalue weighted by molar-refractivity contribution is 0.0270. The molecular weight excluding hydrogens is 393 g/mol. The van der Waals surface area contributed by atoms with E-state index >= 15 is 0 Å². The predicted molar refractivity (Wildman–Crippen MR) is 117 cm³/mol. The lowest BCUT2D eigenvalue weighted by atomic mass is 9.82. The van der Waals surface area contributed by atoms with Gasteiger partial charge in [-0.1, -0.05) is 12.1 Å². The Hall–Kier alpha value is -2.02. The van der Waals surface area contributed by atoms with Crippen LogP contribution in [0, 0.1) is 18.7 Å². The number of hydrogen-bond acceptors (Lipinski definition) is 4. The number of halogens is 1. The summed E-state index contributed by atoms with van der Waals surface area (Å²) in [6.45, 7) is 8.11. The molecule has 5 heterocycles. The minimum absolute atomic E-state index is 0.171. The third kappa shape index (κ3) is 3.55. The van der Waals surface area contributed by atoms with Crippen LogP contribution >= 0.6 is 0 Å². The summed E-state index contributed by atoms with van der Waals surface area (Å²) in [6.07, 6.45) is 2.63. The molecule has 1 aromatic heterocycles. The Morgan fingerprint density at radius 2 is 1.90 bits per heavy atom. The molecule has 5 nitrogen and oxygen atoms in total. The summed E-state index contributed by atoms with van der Waals surface area (Å²) in [4.78, 5) is 18.3. The van der Waals surface area contributed by atoms with Crippen molar-refractivity contribution in [1.29, 1.82) is 0 Å². The first-order valence-corrected chi connectivity index (χ1v) is 11.6. The molecule has 4 aliphatic rings. The number of ether oxygens (including phenoxy) is 1. The summed E-state index contributed by atoms with van der Waals surface area (Å²) in [6, 6.07) is 9.85. The summed E-state index contributed by atoms with van der Waals surface area (Å²) in [7, 11) is 0. The summed E-state index contributed by atoms with van der Waals surface area (Å²) in [5, 5.41) is 0. The van der Waals surface area contributed by atoms with Crippen molar-refractivity contribution in [2.24, 2.45) is 5.92 Å². The number of likely N-dealkylation sites (tertiary alicyclic amines) is 2. The standard InChI is InChI=1S/C25H30FN3O2/c1-16-6-21(26)4-2-18(16)11-27-9-17-7-20(12-27)24-5-3-19(25(30)29(24)10-17)13-28-14-23-8-22(28)15-31-23/h2-6,17,20,22-23H,7-15H2,1H3/t17-,20+,22-,23-/m0/s1. The molecule has 6 heteroatoms. The Labute approximate surface area is 182 Å². The van der Waals surface area contributed by atoms with Crippen molar-refractivity contribution in [2.45, 2.75) is 57.5 Å². The van der Waals surface area contributed by atoms with Crippen molar-refractivity contribution >= 4 is 0 Å². The highest BCUT2D eigenvalue weighted by Crippen LogP contribution is 2.36. The summed E-state index contributed by atoms with van der Waals surface area (Å²) in [5.74, 6) is 0.720. The van der Waals surface area contributed by atoms with E-state index in [0.717, 1.165) is 69.8 Å². The van der Waals surface area contributed by atoms with E-state index in [9.17, 15) is 9.18 Å². The van der Waals surface area contributed by atoms with Gasteiger partial charge < -0.3 is 9.30 Å². The number of morpholine rings is 1. The highest BCUT2D eigenvalue weighted by Gasteiger charge is 2.39. The van der Waals surface area contributed by atoms with E-state index in [4.69, 9.17) is 4.74 Å². The van der Waals surface area contributed by atoms with Crippen LogP contribution in [0.2, 0.25) is 0 Å². The molecule has 0 unspecified atom stereocenters. The summed E-state index contributed by atoms with van der Waals surface area (Å²) >= 11 is 0. The molecule has 0 radical (unpaired) electrons. The molecular formula is C25H30FN3O2. The monoisotopic (exact) mass is 423 g/mol. The molecule has 0 spiro atoms. The van der Waals surface area contributed by atoms with Crippen LogP contribution in [0.4, 0.5) is 4.39 Å². The van der Waals surface area contributed by atoms with Gasteiger partial charge in [-0.15, -0.1) is 0 Å². The number of benzene rings is 1. The number of aromatic nitrogens is 1. The van der Waals surface area contributed by atoms with Gasteiger partial charge in [0.15, 0.2) is 0 Å². The molecule has 31 heavy (non-hydrogen) atoms. The average molecular weight is 424 g/mol. The minimum atomic E-state index is -0.171. The molecule has 164 valence electrons. The zero-order valence-electron chi connectivity index (χ0n) is 18.1. The fraction of sp³-hybridized carbons (Fsp3) is 0.560. The van der Waals surface area contributed by atoms with Gasteiger partial charge in [-0.05, 0) is 55.0 Å². The fourth-order valence-corrected chi connectivity index (χ4v) is 6.31. The predicted octanol–water partition coefficient (Wildman–Crippen LogP) is 2.89. The van der Waals surface area contributed by atoms with E-state index < -0.39 is 0 Å². The van der Waals surface area contributed by atoms with Gasteiger partial charge in [-0.3, -0.25) is 14.6 Å². The average Bonchev–Trinajstić information content (AvgIpc) is 3.36. The van der Waals surface area contributed by atoms with Crippen molar-refractivity contribution in [3.63, 3.8) is 0 Å². The second-order valence-corrected chi connectivity index (χ2v) is 10.0. The Morgan fingerprint density at radius 3 is 2.68 bits per heavy atom. The number of pyridine rings is 1. The molecule has 3 fully saturated rings. The van der Waals surface area contributed by atoms with Gasteiger partial charge in [-0.25, -0.2) is 4.39 Å². The van der Waals surface area contributed by atoms with E-state index in [1.54, 1.807) is 12.1 Å². The maximum absolute atomic E-state index is 13.5. The first-order chi connectivity index (χ1) is 15.0. The SMILES string of the molecule is Cc1cc(F)ccc1CN1C[C@@H]2C[C@H](C1)c1ccc(CN3C[C@@H]4C[C@H]3CO4)c(=O)n1C2. The van der Waals surface area contributed by atoms with Gasteiger partial charge in [0.25, 0.3) is 5.56 Å². The number of fused-ring (bicyclic) bond motifs is 6. The topological polar surface area (TPSA) is 37.7 Å². The van der Waals surface area contributed by atoms with Crippen molar-refractivity contribution in [3.05, 3.63) is 68.9 Å². The lowest BCUT2D eigenvalue weighted by Crippen LogP contribution is -2.47. The summed E-state index contributed by atoms with van der Waals surface area (Å²) < 4.78 is 21.2. The van der Waals surface area contributed by atoms with Gasteiger partial charge >= 0.3 is 0 Å². The molecule has 4 bridgehead atoms. The van der Waals surface area contributed by atoms with Gasteiger partial charge in [0.05, 0.1) is 12.7 Å². The second-order valence-electron chi connectivity index (χ2n) is 10.0. The third-order valence-electron chi connectivity index (χ3n) is 7.84. The zero-order valence-corrected chi connectivity index (χ0v) is 18.1. The molecule has 1 aromatic carbocycles. The van der Waals surface area contributed by atoms with Crippen LogP contribution < -0.4 is 5.56 Å². The molecule has 0 saturated carbocycles. The maximum Gasteiger partial charge on any atom is 0.255 e. The number of rotatable bonds is 4. The highest BCUT2D eigenvalue weighted by atomic mass is 19.1. The number of aryl methyl sites for hydroxylation is 1. The minimum Gasteiger partial charge on any atom is -0.375 e. The Kier molecular flexibility index (Phi) is 4.78. The molecule has 4 aliphatic heterocycles. The number of nitrogens with zero attached hydrogens (tertiary/aromatic N) is 3. The third-order valence-corrected chi connectivity index (χ3v) is 7.84. The largest absolute Gasteiger partial charge is 0.375 e. The fourth-order valence-electron chi connectivity index (χ4n) is 6.31. The van der Waals surface area contributed by atoms with Crippen LogP contribution in [0.1, 0.15) is 41.1 Å². The van der Waals surface area contributed by atoms with Crippen LogP contribution in [0.5, 0.6) is 0 Å². The van der Waals surface area contributed by atoms with Gasteiger partial charge in [0.2, 0.25) is 0 Å². The molecule has 0 aliphatic carbocycles. The van der Waals surface area contributed by atoms with Crippen molar-refractivity contribution < 1.29 is 9.13 Å². The van der Waals surface area contributed by atoms with E-state index in [1.807, 2.05) is 13.0 Å². The Bertz CT molecular complexity index is 1070. The van der Waals surface area contributed by atoms with Gasteiger partial charge in [-0.2, -0.15) is 0 Å². The number of hydrogen-bond donors (Lipinski definition) is 0. The normalized spacial score (nSPS) is 30.0. The van der Waals surface area contributed by atoms with E-state index in [0.29, 0.717) is 24.0 Å². The molecule has 0 N–H and O–H groups in total. The maximum atomic E-state index is 13.5. The second kappa shape index (κ2) is 7.54. The van der Waals surface area contributed by atoms with Crippen LogP contribution in [0.15, 0.2) is 35.1 Å². The summed E-state index contributed by atoms with van der Waals surface area (Å²) in [5.41, 5.74) is 4.53. The van der Waals surface area contributed by atoms with Crippen LogP contribution in [0.25, 0.3) is 0 Å². The van der Waals surface area contributed by atoms with Crippen molar-refractivity contribution in [3.8, 4) is 0 Å². The van der Waals surface area contributed by atoms with Crippen molar-refractivity contribution in [2.75, 3.05) is 26.2 Å². The lowest BCUT2D eigenvalue weighted by Gasteiger charge is -2.43. The van der Waals surface area contributed by atoms with E-state index in [-0.39, 0.29) is 11.4 Å². The molecule has 6 rings (SSSR count). The first kappa shape index (κ1) is 19.6. The van der Waals surface area contributed by atoms with Crippen molar-refractivity contribution in [1.82, 2.24) is 14.4 Å². The highest BCUT2D eigenvalue weighted by molar-refractivity contribution is 5.27. The molecule has 2 aromatic rings. The Morgan fingerprint density at radius 1 is 1.03 bits per heavy atom. The van der Waals surface area contributed by atoms with E-state index in [1.165, 1.54) is 11.3 Å². The van der Waals surface area contributed by atoms with Crippen LogP contribution in [-0.2, 0) is 24.4 Å². The Balaban J connectivity index is 1.20. The van der Waals surface area contributed by atoms with Crippen LogP contribution in [0.3, 0.4) is 0 Å². The molecule has 4 atom stereocenters. The first-order valence-electron chi connectivity index (χ1n) is 11.6.